The van der Waals surface area contributed by atoms with Crippen LogP contribution in [0.25, 0.3) is 0 Å². The van der Waals surface area contributed by atoms with Crippen molar-refractivity contribution in [1.82, 2.24) is 4.90 Å². The highest BCUT2D eigenvalue weighted by Crippen LogP contribution is 2.37. The summed E-state index contributed by atoms with van der Waals surface area (Å²) in [7, 11) is 1.75. The molecule has 114 valence electrons. The van der Waals surface area contributed by atoms with E-state index in [4.69, 9.17) is 4.74 Å². The number of carbonyl (C=O) groups is 2. The van der Waals surface area contributed by atoms with Gasteiger partial charge in [0.05, 0.1) is 18.1 Å². The number of amides is 1. The molecule has 0 aromatic rings. The summed E-state index contributed by atoms with van der Waals surface area (Å²) in [4.78, 5) is 25.5. The van der Waals surface area contributed by atoms with Crippen LogP contribution < -0.4 is 0 Å². The molecule has 2 unspecified atom stereocenters. The Morgan fingerprint density at radius 1 is 1.25 bits per heavy atom. The van der Waals surface area contributed by atoms with Gasteiger partial charge in [0.25, 0.3) is 5.91 Å². The zero-order chi connectivity index (χ0) is 14.8. The van der Waals surface area contributed by atoms with Gasteiger partial charge in [0.1, 0.15) is 6.10 Å². The normalized spacial score (nSPS) is 29.1. The summed E-state index contributed by atoms with van der Waals surface area (Å²) in [5.74, 6) is -0.871. The van der Waals surface area contributed by atoms with Crippen molar-refractivity contribution in [1.29, 1.82) is 0 Å². The highest BCUT2D eigenvalue weighted by molar-refractivity contribution is 5.82. The Morgan fingerprint density at radius 2 is 1.90 bits per heavy atom. The number of ether oxygens (including phenoxy) is 1. The molecule has 0 aromatic carbocycles. The van der Waals surface area contributed by atoms with Gasteiger partial charge in [-0.05, 0) is 32.6 Å². The second-order valence-electron chi connectivity index (χ2n) is 6.27. The van der Waals surface area contributed by atoms with E-state index in [0.717, 1.165) is 44.9 Å². The second-order valence-corrected chi connectivity index (χ2v) is 6.27. The minimum Gasteiger partial charge on any atom is -0.481 e. The molecule has 20 heavy (non-hydrogen) atoms. The number of likely N-dealkylation sites (N-methyl/N-ethyl adjacent to an activating group) is 1. The van der Waals surface area contributed by atoms with Gasteiger partial charge in [0, 0.05) is 7.05 Å². The first-order chi connectivity index (χ1) is 9.44. The fraction of sp³-hybridized carbons (Fsp3) is 0.867. The molecule has 2 aliphatic rings. The maximum absolute atomic E-state index is 12.6. The van der Waals surface area contributed by atoms with Crippen molar-refractivity contribution in [3.63, 3.8) is 0 Å². The molecular weight excluding hydrogens is 258 g/mol. The maximum atomic E-state index is 12.6. The molecule has 2 atom stereocenters. The molecule has 2 fully saturated rings. The first kappa shape index (κ1) is 15.3. The van der Waals surface area contributed by atoms with Crippen LogP contribution in [0.5, 0.6) is 0 Å². The van der Waals surface area contributed by atoms with Gasteiger partial charge in [-0.2, -0.15) is 0 Å². The third-order valence-electron chi connectivity index (χ3n) is 4.81. The van der Waals surface area contributed by atoms with Gasteiger partial charge in [0.2, 0.25) is 0 Å². The van der Waals surface area contributed by atoms with Gasteiger partial charge in [-0.1, -0.05) is 19.3 Å². The fourth-order valence-corrected chi connectivity index (χ4v) is 3.56. The lowest BCUT2D eigenvalue weighted by atomic mass is 9.78. The maximum Gasteiger partial charge on any atom is 0.305 e. The van der Waals surface area contributed by atoms with E-state index >= 15 is 0 Å². The Morgan fingerprint density at radius 3 is 2.40 bits per heavy atom. The Balaban J connectivity index is 2.11. The molecule has 1 aliphatic heterocycles. The molecule has 0 bridgehead atoms. The van der Waals surface area contributed by atoms with Gasteiger partial charge in [-0.3, -0.25) is 9.59 Å². The molecule has 2 rings (SSSR count). The van der Waals surface area contributed by atoms with Crippen molar-refractivity contribution >= 4 is 11.9 Å². The van der Waals surface area contributed by atoms with Gasteiger partial charge >= 0.3 is 5.97 Å². The van der Waals surface area contributed by atoms with Crippen molar-refractivity contribution in [2.45, 2.75) is 76.0 Å². The lowest BCUT2D eigenvalue weighted by molar-refractivity contribution is -0.152. The van der Waals surface area contributed by atoms with E-state index in [1.54, 1.807) is 11.9 Å². The summed E-state index contributed by atoms with van der Waals surface area (Å²) >= 11 is 0. The molecule has 1 amide bonds. The highest BCUT2D eigenvalue weighted by Gasteiger charge is 2.43. The Hall–Kier alpha value is -1.10. The Labute approximate surface area is 120 Å². The first-order valence-electron chi connectivity index (χ1n) is 7.59. The van der Waals surface area contributed by atoms with Crippen LogP contribution in [0.2, 0.25) is 0 Å². The number of aliphatic carboxylic acids is 1. The number of nitrogens with zero attached hydrogens (tertiary/aromatic N) is 1. The molecule has 1 N–H and O–H groups in total. The lowest BCUT2D eigenvalue weighted by Gasteiger charge is -2.44. The number of hydrogen-bond acceptors (Lipinski definition) is 3. The predicted octanol–water partition coefficient (Wildman–Crippen LogP) is 2.19. The summed E-state index contributed by atoms with van der Waals surface area (Å²) in [6, 6.07) is 0. The van der Waals surface area contributed by atoms with E-state index in [1.807, 2.05) is 6.92 Å². The summed E-state index contributed by atoms with van der Waals surface area (Å²) in [5, 5.41) is 9.20. The van der Waals surface area contributed by atoms with Crippen molar-refractivity contribution in [3.05, 3.63) is 0 Å². The SMILES string of the molecule is CC1CCC(C(=O)N(C)C2(CC(=O)O)CCCCC2)O1. The Bertz CT molecular complexity index is 376. The zero-order valence-electron chi connectivity index (χ0n) is 12.4. The van der Waals surface area contributed by atoms with Crippen LogP contribution in [0.4, 0.5) is 0 Å². The smallest absolute Gasteiger partial charge is 0.305 e. The predicted molar refractivity (Wildman–Crippen MR) is 74.4 cm³/mol. The molecule has 0 spiro atoms. The average molecular weight is 283 g/mol. The lowest BCUT2D eigenvalue weighted by Crippen LogP contribution is -2.54. The van der Waals surface area contributed by atoms with E-state index < -0.39 is 11.5 Å². The quantitative estimate of drug-likeness (QED) is 0.859. The van der Waals surface area contributed by atoms with Gasteiger partial charge < -0.3 is 14.7 Å². The molecular formula is C15H25NO4. The van der Waals surface area contributed by atoms with Crippen LogP contribution in [0, 0.1) is 0 Å². The average Bonchev–Trinajstić information content (AvgIpc) is 2.84. The standard InChI is InChI=1S/C15H25NO4/c1-11-6-7-12(20-11)14(19)16(2)15(10-13(17)18)8-4-3-5-9-15/h11-12H,3-10H2,1-2H3,(H,17,18). The van der Waals surface area contributed by atoms with Crippen LogP contribution in [0.15, 0.2) is 0 Å². The van der Waals surface area contributed by atoms with E-state index in [1.165, 1.54) is 0 Å². The number of carbonyl (C=O) groups excluding carboxylic acids is 1. The van der Waals surface area contributed by atoms with Gasteiger partial charge in [-0.25, -0.2) is 0 Å². The van der Waals surface area contributed by atoms with Crippen molar-refractivity contribution < 1.29 is 19.4 Å². The van der Waals surface area contributed by atoms with Crippen LogP contribution in [-0.2, 0) is 14.3 Å². The van der Waals surface area contributed by atoms with Crippen LogP contribution in [0.1, 0.15) is 58.3 Å². The minimum atomic E-state index is -0.827. The second kappa shape index (κ2) is 6.12. The van der Waals surface area contributed by atoms with Gasteiger partial charge in [-0.15, -0.1) is 0 Å². The fourth-order valence-electron chi connectivity index (χ4n) is 3.56. The van der Waals surface area contributed by atoms with E-state index in [0.29, 0.717) is 0 Å². The van der Waals surface area contributed by atoms with Gasteiger partial charge in [0.15, 0.2) is 0 Å². The zero-order valence-corrected chi connectivity index (χ0v) is 12.4. The third kappa shape index (κ3) is 3.14. The number of hydrogen-bond donors (Lipinski definition) is 1. The van der Waals surface area contributed by atoms with Crippen molar-refractivity contribution in [3.8, 4) is 0 Å². The van der Waals surface area contributed by atoms with E-state index in [9.17, 15) is 14.7 Å². The highest BCUT2D eigenvalue weighted by atomic mass is 16.5. The number of rotatable bonds is 4. The minimum absolute atomic E-state index is 0.0392. The number of carboxylic acids is 1. The first-order valence-corrected chi connectivity index (χ1v) is 7.59. The van der Waals surface area contributed by atoms with Crippen molar-refractivity contribution in [2.75, 3.05) is 7.05 Å². The molecule has 0 radical (unpaired) electrons. The molecule has 5 heteroatoms. The molecule has 0 aromatic heterocycles. The molecule has 1 saturated heterocycles. The van der Waals surface area contributed by atoms with E-state index in [2.05, 4.69) is 0 Å². The summed E-state index contributed by atoms with van der Waals surface area (Å²) in [6.07, 6.45) is 6.09. The summed E-state index contributed by atoms with van der Waals surface area (Å²) in [5.41, 5.74) is -0.518. The van der Waals surface area contributed by atoms with Crippen molar-refractivity contribution in [2.24, 2.45) is 0 Å². The molecule has 5 nitrogen and oxygen atoms in total. The van der Waals surface area contributed by atoms with E-state index in [-0.39, 0.29) is 24.5 Å². The van der Waals surface area contributed by atoms with Crippen LogP contribution in [-0.4, -0.2) is 46.7 Å². The van der Waals surface area contributed by atoms with Crippen LogP contribution >= 0.6 is 0 Å². The monoisotopic (exact) mass is 283 g/mol. The van der Waals surface area contributed by atoms with Crippen LogP contribution in [0.3, 0.4) is 0 Å². The molecule has 1 heterocycles. The topological polar surface area (TPSA) is 66.8 Å². The summed E-state index contributed by atoms with van der Waals surface area (Å²) in [6.45, 7) is 1.97. The third-order valence-corrected chi connectivity index (χ3v) is 4.81. The molecule has 1 saturated carbocycles. The molecule has 1 aliphatic carbocycles. The largest absolute Gasteiger partial charge is 0.481 e. The number of carboxylic acid groups (broad SMARTS) is 1. The summed E-state index contributed by atoms with van der Waals surface area (Å²) < 4.78 is 5.65. The Kier molecular flexibility index (Phi) is 4.68.